The monoisotopic (exact) mass is 282 g/mol. The van der Waals surface area contributed by atoms with Crippen molar-refractivity contribution in [3.63, 3.8) is 0 Å². The molecule has 1 aliphatic rings. The first-order chi connectivity index (χ1) is 9.81. The Hall–Kier alpha value is -1.53. The Bertz CT molecular complexity index is 608. The zero-order valence-electron chi connectivity index (χ0n) is 11.6. The molecule has 0 aliphatic heterocycles. The van der Waals surface area contributed by atoms with Gasteiger partial charge in [0.15, 0.2) is 0 Å². The van der Waals surface area contributed by atoms with Crippen LogP contribution in [0.5, 0.6) is 0 Å². The largest absolute Gasteiger partial charge is 0.0843 e. The third kappa shape index (κ3) is 3.32. The fourth-order valence-corrected chi connectivity index (χ4v) is 2.90. The smallest absolute Gasteiger partial charge is 0.0406 e. The number of hydrogen-bond donors (Lipinski definition) is 0. The lowest BCUT2D eigenvalue weighted by Crippen LogP contribution is -1.91. The second-order valence-corrected chi connectivity index (χ2v) is 5.91. The summed E-state index contributed by atoms with van der Waals surface area (Å²) in [6.07, 6.45) is 10.4. The molecule has 0 aromatic heterocycles. The minimum absolute atomic E-state index is 0.820. The van der Waals surface area contributed by atoms with Gasteiger partial charge in [-0.1, -0.05) is 54.1 Å². The molecule has 0 bridgehead atoms. The van der Waals surface area contributed by atoms with E-state index < -0.39 is 0 Å². The number of benzene rings is 2. The van der Waals surface area contributed by atoms with Crippen LogP contribution in [-0.2, 0) is 19.3 Å². The molecule has 0 radical (unpaired) electrons. The molecule has 2 aromatic carbocycles. The molecule has 0 N–H and O–H groups in total. The quantitative estimate of drug-likeness (QED) is 0.638. The fourth-order valence-electron chi connectivity index (χ4n) is 2.78. The molecule has 0 atom stereocenters. The number of unbranched alkanes of at least 4 members (excludes halogenated alkanes) is 1. The molecule has 102 valence electrons. The molecule has 0 fully saturated rings. The summed E-state index contributed by atoms with van der Waals surface area (Å²) in [6, 6.07) is 15.1. The molecule has 0 amide bonds. The van der Waals surface area contributed by atoms with Crippen LogP contribution in [0.3, 0.4) is 0 Å². The zero-order valence-corrected chi connectivity index (χ0v) is 12.4. The van der Waals surface area contributed by atoms with E-state index in [-0.39, 0.29) is 0 Å². The van der Waals surface area contributed by atoms with Gasteiger partial charge in [-0.15, -0.1) is 0 Å². The number of allylic oxidation sites excluding steroid dienone is 1. The average molecular weight is 283 g/mol. The van der Waals surface area contributed by atoms with Crippen molar-refractivity contribution in [2.45, 2.75) is 32.1 Å². The van der Waals surface area contributed by atoms with E-state index in [0.717, 1.165) is 17.9 Å². The van der Waals surface area contributed by atoms with Crippen LogP contribution in [0.1, 0.15) is 35.1 Å². The summed E-state index contributed by atoms with van der Waals surface area (Å²) in [4.78, 5) is 0. The maximum absolute atomic E-state index is 5.89. The summed E-state index contributed by atoms with van der Waals surface area (Å²) in [7, 11) is 0. The van der Waals surface area contributed by atoms with Crippen LogP contribution in [0.15, 0.2) is 48.5 Å². The molecule has 0 spiro atoms. The number of aryl methyl sites for hydroxylation is 2. The van der Waals surface area contributed by atoms with Gasteiger partial charge in [-0.25, -0.2) is 0 Å². The van der Waals surface area contributed by atoms with Crippen molar-refractivity contribution in [3.8, 4) is 0 Å². The molecule has 20 heavy (non-hydrogen) atoms. The average Bonchev–Trinajstić information content (AvgIpc) is 2.93. The minimum Gasteiger partial charge on any atom is -0.0843 e. The van der Waals surface area contributed by atoms with Crippen molar-refractivity contribution in [2.75, 3.05) is 0 Å². The summed E-state index contributed by atoms with van der Waals surface area (Å²) >= 11 is 5.89. The highest BCUT2D eigenvalue weighted by molar-refractivity contribution is 6.30. The van der Waals surface area contributed by atoms with Crippen molar-refractivity contribution in [1.82, 2.24) is 0 Å². The number of hydrogen-bond acceptors (Lipinski definition) is 0. The highest BCUT2D eigenvalue weighted by atomic mass is 35.5. The molecule has 1 aliphatic carbocycles. The van der Waals surface area contributed by atoms with Gasteiger partial charge in [0.1, 0.15) is 0 Å². The van der Waals surface area contributed by atoms with E-state index in [4.69, 9.17) is 11.6 Å². The Morgan fingerprint density at radius 1 is 0.850 bits per heavy atom. The Balaban J connectivity index is 1.47. The first kappa shape index (κ1) is 13.5. The molecule has 0 heterocycles. The van der Waals surface area contributed by atoms with E-state index in [2.05, 4.69) is 42.5 Å². The Kier molecular flexibility index (Phi) is 4.22. The van der Waals surface area contributed by atoms with Gasteiger partial charge in [-0.2, -0.15) is 0 Å². The summed E-state index contributed by atoms with van der Waals surface area (Å²) in [5.41, 5.74) is 5.74. The summed E-state index contributed by atoms with van der Waals surface area (Å²) in [5, 5.41) is 0.820. The maximum Gasteiger partial charge on any atom is 0.0406 e. The van der Waals surface area contributed by atoms with Crippen LogP contribution >= 0.6 is 11.6 Å². The van der Waals surface area contributed by atoms with Crippen LogP contribution in [0.2, 0.25) is 5.02 Å². The number of rotatable bonds is 5. The van der Waals surface area contributed by atoms with Gasteiger partial charge in [0.05, 0.1) is 0 Å². The Morgan fingerprint density at radius 2 is 1.55 bits per heavy atom. The Labute approximate surface area is 126 Å². The Morgan fingerprint density at radius 3 is 2.35 bits per heavy atom. The van der Waals surface area contributed by atoms with Gasteiger partial charge in [0.2, 0.25) is 0 Å². The normalized spacial score (nSPS) is 12.7. The van der Waals surface area contributed by atoms with Crippen LogP contribution < -0.4 is 0 Å². The van der Waals surface area contributed by atoms with Crippen molar-refractivity contribution in [1.29, 1.82) is 0 Å². The van der Waals surface area contributed by atoms with Gasteiger partial charge in [-0.3, -0.25) is 0 Å². The van der Waals surface area contributed by atoms with Gasteiger partial charge in [0.25, 0.3) is 0 Å². The van der Waals surface area contributed by atoms with E-state index >= 15 is 0 Å². The van der Waals surface area contributed by atoms with E-state index in [1.807, 2.05) is 12.1 Å². The van der Waals surface area contributed by atoms with Crippen LogP contribution in [0.25, 0.3) is 6.08 Å². The molecular formula is C19H19Cl. The van der Waals surface area contributed by atoms with E-state index in [1.54, 1.807) is 0 Å². The molecule has 3 rings (SSSR count). The molecule has 0 nitrogen and oxygen atoms in total. The predicted molar refractivity (Wildman–Crippen MR) is 87.3 cm³/mol. The lowest BCUT2D eigenvalue weighted by molar-refractivity contribution is 0.734. The third-order valence-corrected chi connectivity index (χ3v) is 4.19. The maximum atomic E-state index is 5.89. The summed E-state index contributed by atoms with van der Waals surface area (Å²) < 4.78 is 0. The summed E-state index contributed by atoms with van der Waals surface area (Å²) in [6.45, 7) is 0. The second-order valence-electron chi connectivity index (χ2n) is 5.47. The van der Waals surface area contributed by atoms with E-state index in [0.29, 0.717) is 0 Å². The van der Waals surface area contributed by atoms with Gasteiger partial charge < -0.3 is 0 Å². The SMILES string of the molecule is Clc1ccc(CCCCc2ccc3c(c2)CC=C3)cc1. The van der Waals surface area contributed by atoms with Gasteiger partial charge in [0, 0.05) is 5.02 Å². The highest BCUT2D eigenvalue weighted by Crippen LogP contribution is 2.21. The topological polar surface area (TPSA) is 0 Å². The molecule has 2 aromatic rings. The van der Waals surface area contributed by atoms with E-state index in [9.17, 15) is 0 Å². The third-order valence-electron chi connectivity index (χ3n) is 3.94. The van der Waals surface area contributed by atoms with Crippen LogP contribution in [0.4, 0.5) is 0 Å². The molecule has 0 saturated carbocycles. The highest BCUT2D eigenvalue weighted by Gasteiger charge is 2.05. The van der Waals surface area contributed by atoms with Gasteiger partial charge in [-0.05, 0) is 66.5 Å². The molecule has 0 saturated heterocycles. The minimum atomic E-state index is 0.820. The van der Waals surface area contributed by atoms with Crippen LogP contribution in [0, 0.1) is 0 Å². The van der Waals surface area contributed by atoms with Crippen molar-refractivity contribution >= 4 is 17.7 Å². The van der Waals surface area contributed by atoms with Gasteiger partial charge >= 0.3 is 0 Å². The van der Waals surface area contributed by atoms with Crippen molar-refractivity contribution < 1.29 is 0 Å². The molecular weight excluding hydrogens is 264 g/mol. The molecule has 1 heteroatoms. The molecule has 0 unspecified atom stereocenters. The predicted octanol–water partition coefficient (Wildman–Crippen LogP) is 5.47. The van der Waals surface area contributed by atoms with E-state index in [1.165, 1.54) is 41.5 Å². The first-order valence-corrected chi connectivity index (χ1v) is 7.72. The lowest BCUT2D eigenvalue weighted by atomic mass is 10.0. The zero-order chi connectivity index (χ0) is 13.8. The lowest BCUT2D eigenvalue weighted by Gasteiger charge is -2.05. The second kappa shape index (κ2) is 6.28. The standard InChI is InChI=1S/C19H19Cl/c20-19-12-9-15(10-13-19)4-1-2-5-16-8-11-17-6-3-7-18(17)14-16/h3,6,8-14H,1-2,4-5,7H2. The summed E-state index contributed by atoms with van der Waals surface area (Å²) in [5.74, 6) is 0. The van der Waals surface area contributed by atoms with Crippen molar-refractivity contribution in [2.24, 2.45) is 0 Å². The van der Waals surface area contributed by atoms with Crippen molar-refractivity contribution in [3.05, 3.63) is 75.8 Å². The fraction of sp³-hybridized carbons (Fsp3) is 0.263. The number of halogens is 1. The first-order valence-electron chi connectivity index (χ1n) is 7.34. The van der Waals surface area contributed by atoms with Crippen LogP contribution in [-0.4, -0.2) is 0 Å². The number of fused-ring (bicyclic) bond motifs is 1.